The Morgan fingerprint density at radius 3 is 2.40 bits per heavy atom. The average molecular weight is 243 g/mol. The Bertz CT molecular complexity index is 342. The van der Waals surface area contributed by atoms with Crippen LogP contribution < -0.4 is 11.6 Å². The number of thiocarbonyl (C=S) groups is 1. The first kappa shape index (κ1) is 13.8. The second-order valence-corrected chi connectivity index (χ2v) is 3.70. The molecule has 0 bridgehead atoms. The average Bonchev–Trinajstić information content (AvgIpc) is 2.17. The molecule has 0 saturated carbocycles. The highest BCUT2D eigenvalue weighted by molar-refractivity contribution is 8.00. The van der Waals surface area contributed by atoms with Gasteiger partial charge >= 0.3 is 0 Å². The molecule has 0 spiro atoms. The van der Waals surface area contributed by atoms with Crippen molar-refractivity contribution in [1.29, 1.82) is 0 Å². The first-order valence-corrected chi connectivity index (χ1v) is 4.73. The lowest BCUT2D eigenvalue weighted by atomic mass is 10.2. The molecule has 0 radical (unpaired) electrons. The Hall–Kier alpha value is -1.24. The van der Waals surface area contributed by atoms with E-state index in [2.05, 4.69) is 30.3 Å². The van der Waals surface area contributed by atoms with E-state index < -0.39 is 0 Å². The molecule has 0 aromatic heterocycles. The van der Waals surface area contributed by atoms with E-state index in [1.54, 1.807) is 31.3 Å². The predicted molar refractivity (Wildman–Crippen MR) is 67.6 cm³/mol. The third-order valence-electron chi connectivity index (χ3n) is 1.58. The highest BCUT2D eigenvalue weighted by atomic mass is 32.1. The molecule has 4 nitrogen and oxygen atoms in total. The van der Waals surface area contributed by atoms with Crippen molar-refractivity contribution in [2.24, 2.45) is 0 Å². The van der Waals surface area contributed by atoms with E-state index in [1.807, 2.05) is 6.07 Å². The van der Waals surface area contributed by atoms with Gasteiger partial charge < -0.3 is 36.4 Å². The van der Waals surface area contributed by atoms with E-state index in [1.165, 1.54) is 5.01 Å². The SMILES string of the molecule is CN(NC(=S)[S-])C(=O)c1ccccc1.[NH4+]. The highest BCUT2D eigenvalue weighted by Crippen LogP contribution is 2.00. The summed E-state index contributed by atoms with van der Waals surface area (Å²) in [6, 6.07) is 8.90. The lowest BCUT2D eigenvalue weighted by Crippen LogP contribution is -2.41. The number of carbonyl (C=O) groups is 1. The van der Waals surface area contributed by atoms with Gasteiger partial charge in [0, 0.05) is 12.6 Å². The number of hydrazine groups is 1. The van der Waals surface area contributed by atoms with Crippen molar-refractivity contribution in [2.75, 3.05) is 7.05 Å². The van der Waals surface area contributed by atoms with Crippen LogP contribution in [0.4, 0.5) is 0 Å². The van der Waals surface area contributed by atoms with Gasteiger partial charge in [-0.1, -0.05) is 18.2 Å². The summed E-state index contributed by atoms with van der Waals surface area (Å²) in [7, 11) is 1.58. The van der Waals surface area contributed by atoms with Crippen molar-refractivity contribution in [3.8, 4) is 0 Å². The van der Waals surface area contributed by atoms with Crippen molar-refractivity contribution in [3.05, 3.63) is 35.9 Å². The normalized spacial score (nSPS) is 8.60. The minimum absolute atomic E-state index is 0. The first-order valence-electron chi connectivity index (χ1n) is 3.92. The van der Waals surface area contributed by atoms with Crippen LogP contribution in [-0.4, -0.2) is 22.3 Å². The summed E-state index contributed by atoms with van der Waals surface area (Å²) in [4.78, 5) is 11.6. The molecule has 0 aliphatic carbocycles. The molecule has 5 N–H and O–H groups in total. The Labute approximate surface area is 99.6 Å². The third-order valence-corrected chi connectivity index (χ3v) is 1.77. The van der Waals surface area contributed by atoms with Gasteiger partial charge in [0.25, 0.3) is 5.91 Å². The van der Waals surface area contributed by atoms with E-state index >= 15 is 0 Å². The van der Waals surface area contributed by atoms with Crippen LogP contribution in [0.5, 0.6) is 0 Å². The van der Waals surface area contributed by atoms with E-state index in [0.29, 0.717) is 5.56 Å². The molecule has 1 amide bonds. The van der Waals surface area contributed by atoms with Crippen molar-refractivity contribution < 1.29 is 4.79 Å². The van der Waals surface area contributed by atoms with Crippen LogP contribution in [0.1, 0.15) is 10.4 Å². The fraction of sp³-hybridized carbons (Fsp3) is 0.111. The van der Waals surface area contributed by atoms with Crippen LogP contribution in [0.25, 0.3) is 0 Å². The molecule has 0 atom stereocenters. The molecular weight excluding hydrogens is 230 g/mol. The molecule has 0 saturated heterocycles. The quantitative estimate of drug-likeness (QED) is 0.445. The Kier molecular flexibility index (Phi) is 5.76. The summed E-state index contributed by atoms with van der Waals surface area (Å²) < 4.78 is 0.150. The fourth-order valence-electron chi connectivity index (χ4n) is 0.962. The maximum atomic E-state index is 11.6. The highest BCUT2D eigenvalue weighted by Gasteiger charge is 2.08. The summed E-state index contributed by atoms with van der Waals surface area (Å²) in [5, 5.41) is 1.27. The van der Waals surface area contributed by atoms with E-state index in [-0.39, 0.29) is 16.4 Å². The zero-order valence-electron chi connectivity index (χ0n) is 8.56. The molecule has 0 unspecified atom stereocenters. The van der Waals surface area contributed by atoms with Gasteiger partial charge in [-0.2, -0.15) is 0 Å². The van der Waals surface area contributed by atoms with Crippen LogP contribution in [0.2, 0.25) is 0 Å². The second kappa shape index (κ2) is 6.28. The van der Waals surface area contributed by atoms with Gasteiger partial charge in [-0.05, 0) is 16.5 Å². The lowest BCUT2D eigenvalue weighted by molar-refractivity contribution is 0.0761. The van der Waals surface area contributed by atoms with Crippen LogP contribution in [0, 0.1) is 0 Å². The second-order valence-electron chi connectivity index (χ2n) is 2.63. The minimum Gasteiger partial charge on any atom is -0.410 e. The van der Waals surface area contributed by atoms with Crippen molar-refractivity contribution in [2.45, 2.75) is 0 Å². The molecular formula is C9H13N3OS2. The third kappa shape index (κ3) is 4.20. The number of hydrogen-bond acceptors (Lipinski definition) is 3. The maximum absolute atomic E-state index is 11.6. The standard InChI is InChI=1S/C9H10N2OS2.H3N/c1-11(10-9(13)14)8(12)7-5-3-2-4-6-7;/h2-6H,1H3,(H2,10,13,14);1H3. The molecule has 0 aliphatic rings. The summed E-state index contributed by atoms with van der Waals surface area (Å²) in [5.74, 6) is -0.169. The van der Waals surface area contributed by atoms with Gasteiger partial charge in [-0.3, -0.25) is 9.80 Å². The van der Waals surface area contributed by atoms with Crippen LogP contribution in [0.15, 0.2) is 30.3 Å². The van der Waals surface area contributed by atoms with Crippen LogP contribution >= 0.6 is 12.2 Å². The number of quaternary nitrogens is 1. The molecule has 15 heavy (non-hydrogen) atoms. The van der Waals surface area contributed by atoms with Gasteiger partial charge in [-0.15, -0.1) is 0 Å². The van der Waals surface area contributed by atoms with E-state index in [9.17, 15) is 4.79 Å². The number of rotatable bonds is 1. The topological polar surface area (TPSA) is 68.8 Å². The summed E-state index contributed by atoms with van der Waals surface area (Å²) in [5.41, 5.74) is 3.16. The molecule has 1 aromatic rings. The summed E-state index contributed by atoms with van der Waals surface area (Å²) >= 11 is 9.30. The number of hydrogen-bond donors (Lipinski definition) is 2. The van der Waals surface area contributed by atoms with Gasteiger partial charge in [0.15, 0.2) is 0 Å². The molecule has 1 aromatic carbocycles. The van der Waals surface area contributed by atoms with Crippen LogP contribution in [0.3, 0.4) is 0 Å². The summed E-state index contributed by atoms with van der Waals surface area (Å²) in [6.07, 6.45) is 0. The predicted octanol–water partition coefficient (Wildman–Crippen LogP) is 1.47. The Balaban J connectivity index is 0.00000196. The maximum Gasteiger partial charge on any atom is 0.271 e. The number of amides is 1. The smallest absolute Gasteiger partial charge is 0.271 e. The number of carbonyl (C=O) groups excluding carboxylic acids is 1. The van der Waals surface area contributed by atoms with Gasteiger partial charge in [0.05, 0.1) is 0 Å². The molecule has 82 valence electrons. The van der Waals surface area contributed by atoms with Crippen molar-refractivity contribution in [1.82, 2.24) is 16.6 Å². The zero-order valence-corrected chi connectivity index (χ0v) is 10.2. The molecule has 1 rings (SSSR count). The monoisotopic (exact) mass is 243 g/mol. The molecule has 6 heteroatoms. The van der Waals surface area contributed by atoms with E-state index in [4.69, 9.17) is 0 Å². The molecule has 0 aliphatic heterocycles. The number of nitrogens with zero attached hydrogens (tertiary/aromatic N) is 1. The lowest BCUT2D eigenvalue weighted by Gasteiger charge is -2.21. The summed E-state index contributed by atoms with van der Waals surface area (Å²) in [6.45, 7) is 0. The van der Waals surface area contributed by atoms with Gasteiger partial charge in [0.1, 0.15) is 0 Å². The minimum atomic E-state index is -0.169. The Morgan fingerprint density at radius 2 is 1.93 bits per heavy atom. The molecule has 0 heterocycles. The fourth-order valence-corrected chi connectivity index (χ4v) is 1.24. The Morgan fingerprint density at radius 1 is 1.40 bits per heavy atom. The number of benzene rings is 1. The van der Waals surface area contributed by atoms with Crippen LogP contribution in [-0.2, 0) is 12.6 Å². The first-order chi connectivity index (χ1) is 6.61. The largest absolute Gasteiger partial charge is 0.410 e. The number of nitrogens with one attached hydrogen (secondary N) is 1. The zero-order chi connectivity index (χ0) is 10.6. The van der Waals surface area contributed by atoms with Gasteiger partial charge in [0.2, 0.25) is 0 Å². The van der Waals surface area contributed by atoms with Crippen molar-refractivity contribution >= 4 is 35.1 Å². The van der Waals surface area contributed by atoms with Gasteiger partial charge in [-0.25, -0.2) is 0 Å². The van der Waals surface area contributed by atoms with E-state index in [0.717, 1.165) is 0 Å². The molecule has 0 fully saturated rings. The van der Waals surface area contributed by atoms with Crippen molar-refractivity contribution in [3.63, 3.8) is 0 Å².